The fourth-order valence-corrected chi connectivity index (χ4v) is 4.64. The van der Waals surface area contributed by atoms with Crippen LogP contribution in [-0.4, -0.2) is 77.2 Å². The van der Waals surface area contributed by atoms with Crippen molar-refractivity contribution in [2.45, 2.75) is 5.92 Å². The summed E-state index contributed by atoms with van der Waals surface area (Å²) in [7, 11) is 1.52. The molecule has 1 unspecified atom stereocenters. The fraction of sp³-hybridized carbons (Fsp3) is 0.269. The summed E-state index contributed by atoms with van der Waals surface area (Å²) in [6.07, 6.45) is 4.94. The lowest BCUT2D eigenvalue weighted by atomic mass is 9.94. The molecule has 1 N–H and O–H groups in total. The minimum absolute atomic E-state index is 0.0705. The summed E-state index contributed by atoms with van der Waals surface area (Å²) in [5.74, 6) is -1.32. The molecule has 2 aliphatic heterocycles. The summed E-state index contributed by atoms with van der Waals surface area (Å²) in [6.45, 7) is 1.67. The molecule has 2 aromatic heterocycles. The number of aromatic nitrogens is 2. The van der Waals surface area contributed by atoms with Crippen molar-refractivity contribution in [3.8, 4) is 17.0 Å². The van der Waals surface area contributed by atoms with Crippen molar-refractivity contribution in [1.29, 1.82) is 0 Å². The van der Waals surface area contributed by atoms with Crippen LogP contribution in [0.1, 0.15) is 21.8 Å². The zero-order valence-corrected chi connectivity index (χ0v) is 19.3. The van der Waals surface area contributed by atoms with Gasteiger partial charge in [-0.25, -0.2) is 0 Å². The van der Waals surface area contributed by atoms with Gasteiger partial charge in [0.05, 0.1) is 30.6 Å². The molecule has 1 atom stereocenters. The summed E-state index contributed by atoms with van der Waals surface area (Å²) in [6, 6.07) is 12.7. The third-order valence-electron chi connectivity index (χ3n) is 6.49. The smallest absolute Gasteiger partial charge is 0.290 e. The molecule has 1 aromatic carbocycles. The average molecular weight is 472 g/mol. The Balaban J connectivity index is 1.32. The van der Waals surface area contributed by atoms with Gasteiger partial charge in [-0.05, 0) is 24.3 Å². The van der Waals surface area contributed by atoms with E-state index in [1.54, 1.807) is 35.6 Å². The van der Waals surface area contributed by atoms with Gasteiger partial charge in [0.15, 0.2) is 0 Å². The topological polar surface area (TPSA) is 105 Å². The van der Waals surface area contributed by atoms with Gasteiger partial charge >= 0.3 is 0 Å². The van der Waals surface area contributed by atoms with E-state index in [-0.39, 0.29) is 12.5 Å². The largest absolute Gasteiger partial charge is 0.495 e. The lowest BCUT2D eigenvalue weighted by molar-refractivity contribution is -0.146. The number of nitrogens with one attached hydrogen (secondary N) is 1. The number of anilines is 1. The number of piperazine rings is 1. The summed E-state index contributed by atoms with van der Waals surface area (Å²) in [4.78, 5) is 51.0. The van der Waals surface area contributed by atoms with Crippen molar-refractivity contribution in [3.05, 3.63) is 72.2 Å². The van der Waals surface area contributed by atoms with Gasteiger partial charge in [-0.3, -0.25) is 24.4 Å². The first-order chi connectivity index (χ1) is 17.1. The highest BCUT2D eigenvalue weighted by atomic mass is 16.5. The Morgan fingerprint density at radius 2 is 1.66 bits per heavy atom. The lowest BCUT2D eigenvalue weighted by Crippen LogP contribution is -2.52. The quantitative estimate of drug-likeness (QED) is 0.569. The molecule has 9 heteroatoms. The molecule has 0 saturated carbocycles. The second-order valence-corrected chi connectivity index (χ2v) is 8.45. The Morgan fingerprint density at radius 3 is 2.34 bits per heavy atom. The van der Waals surface area contributed by atoms with Crippen molar-refractivity contribution >= 4 is 23.3 Å². The van der Waals surface area contributed by atoms with E-state index in [0.717, 1.165) is 5.56 Å². The number of rotatable bonds is 5. The lowest BCUT2D eigenvalue weighted by Gasteiger charge is -2.34. The number of nitrogens with zero attached hydrogens (tertiary/aromatic N) is 4. The normalized spacial score (nSPS) is 16.9. The zero-order valence-electron chi connectivity index (χ0n) is 19.3. The summed E-state index contributed by atoms with van der Waals surface area (Å²) < 4.78 is 5.50. The zero-order chi connectivity index (χ0) is 24.4. The number of Topliss-reactive ketones (excluding diaryl/α,β-unsaturated/α-hetero) is 1. The number of hydrogen-bond donors (Lipinski definition) is 1. The highest BCUT2D eigenvalue weighted by molar-refractivity contribution is 6.38. The monoisotopic (exact) mass is 471 g/mol. The number of benzene rings is 1. The van der Waals surface area contributed by atoms with E-state index in [1.165, 1.54) is 12.0 Å². The first-order valence-electron chi connectivity index (χ1n) is 11.5. The number of fused-ring (bicyclic) bond motifs is 1. The highest BCUT2D eigenvalue weighted by Gasteiger charge is 2.39. The maximum Gasteiger partial charge on any atom is 0.290 e. The van der Waals surface area contributed by atoms with Gasteiger partial charge in [0.2, 0.25) is 5.78 Å². The molecular weight excluding hydrogens is 446 g/mol. The number of carbonyl (C=O) groups is 3. The number of ketones is 1. The van der Waals surface area contributed by atoms with Crippen molar-refractivity contribution < 1.29 is 19.1 Å². The number of methoxy groups -OCH3 is 1. The van der Waals surface area contributed by atoms with Crippen molar-refractivity contribution in [1.82, 2.24) is 19.8 Å². The van der Waals surface area contributed by atoms with Gasteiger partial charge in [-0.1, -0.05) is 18.2 Å². The number of ether oxygens (including phenoxy) is 1. The molecule has 0 spiro atoms. The predicted octanol–water partition coefficient (Wildman–Crippen LogP) is 2.21. The summed E-state index contributed by atoms with van der Waals surface area (Å²) >= 11 is 0. The third-order valence-corrected chi connectivity index (χ3v) is 6.49. The predicted molar refractivity (Wildman–Crippen MR) is 129 cm³/mol. The number of amides is 2. The van der Waals surface area contributed by atoms with Gasteiger partial charge < -0.3 is 19.9 Å². The van der Waals surface area contributed by atoms with Crippen molar-refractivity contribution in [2.75, 3.05) is 45.2 Å². The molecule has 0 aliphatic carbocycles. The van der Waals surface area contributed by atoms with Crippen LogP contribution in [0.2, 0.25) is 0 Å². The van der Waals surface area contributed by atoms with Crippen molar-refractivity contribution in [3.63, 3.8) is 0 Å². The van der Waals surface area contributed by atoms with E-state index >= 15 is 0 Å². The first kappa shape index (κ1) is 22.5. The molecular formula is C26H25N5O4. The van der Waals surface area contributed by atoms with Crippen LogP contribution in [0.5, 0.6) is 5.75 Å². The van der Waals surface area contributed by atoms with Gasteiger partial charge in [-0.2, -0.15) is 0 Å². The standard InChI is InChI=1S/C26H25N5O4/c1-35-20-16-29-22(17-7-9-27-10-8-17)23-21(20)19(15-28-23)24(32)26(34)31-13-11-30(12-14-31)25(33)18-5-3-2-4-6-18/h2-10,16,19,28H,11-15H2,1H3. The van der Waals surface area contributed by atoms with Gasteiger partial charge in [-0.15, -0.1) is 0 Å². The molecule has 35 heavy (non-hydrogen) atoms. The van der Waals surface area contributed by atoms with Crippen LogP contribution in [-0.2, 0) is 9.59 Å². The average Bonchev–Trinajstić information content (AvgIpc) is 3.38. The van der Waals surface area contributed by atoms with Crippen molar-refractivity contribution in [2.24, 2.45) is 0 Å². The number of pyridine rings is 2. The minimum atomic E-state index is -0.681. The fourth-order valence-electron chi connectivity index (χ4n) is 4.64. The molecule has 0 bridgehead atoms. The van der Waals surface area contributed by atoms with E-state index in [1.807, 2.05) is 30.3 Å². The molecule has 1 saturated heterocycles. The first-order valence-corrected chi connectivity index (χ1v) is 11.5. The van der Waals surface area contributed by atoms with Gasteiger partial charge in [0.25, 0.3) is 11.8 Å². The molecule has 2 aliphatic rings. The summed E-state index contributed by atoms with van der Waals surface area (Å²) in [5, 5.41) is 3.26. The van der Waals surface area contributed by atoms with Crippen LogP contribution >= 0.6 is 0 Å². The van der Waals surface area contributed by atoms with E-state index in [0.29, 0.717) is 54.4 Å². The number of hydrogen-bond acceptors (Lipinski definition) is 7. The van der Waals surface area contributed by atoms with Crippen LogP contribution in [0.25, 0.3) is 11.3 Å². The Labute approximate surface area is 202 Å². The molecule has 3 aromatic rings. The Morgan fingerprint density at radius 1 is 0.971 bits per heavy atom. The van der Waals surface area contributed by atoms with E-state index in [2.05, 4.69) is 15.3 Å². The van der Waals surface area contributed by atoms with Crippen LogP contribution in [0, 0.1) is 0 Å². The van der Waals surface area contributed by atoms with Gasteiger partial charge in [0.1, 0.15) is 5.75 Å². The highest BCUT2D eigenvalue weighted by Crippen LogP contribution is 2.43. The molecule has 0 radical (unpaired) electrons. The van der Waals surface area contributed by atoms with Crippen LogP contribution in [0.4, 0.5) is 5.69 Å². The maximum absolute atomic E-state index is 13.4. The molecule has 1 fully saturated rings. The van der Waals surface area contributed by atoms with Crippen LogP contribution in [0.15, 0.2) is 61.1 Å². The third kappa shape index (κ3) is 4.21. The molecule has 4 heterocycles. The minimum Gasteiger partial charge on any atom is -0.495 e. The van der Waals surface area contributed by atoms with Gasteiger partial charge in [0, 0.05) is 61.8 Å². The second-order valence-electron chi connectivity index (χ2n) is 8.45. The van der Waals surface area contributed by atoms with Crippen LogP contribution in [0.3, 0.4) is 0 Å². The molecule has 178 valence electrons. The van der Waals surface area contributed by atoms with E-state index < -0.39 is 17.6 Å². The van der Waals surface area contributed by atoms with Crippen LogP contribution < -0.4 is 10.1 Å². The summed E-state index contributed by atoms with van der Waals surface area (Å²) in [5.41, 5.74) is 3.48. The second kappa shape index (κ2) is 9.54. The molecule has 9 nitrogen and oxygen atoms in total. The Bertz CT molecular complexity index is 1260. The molecule has 2 amide bonds. The Kier molecular flexibility index (Phi) is 6.13. The SMILES string of the molecule is COc1cnc(-c2ccncc2)c2c1C(C(=O)C(=O)N1CCN(C(=O)c3ccccc3)CC1)CN2. The van der Waals surface area contributed by atoms with E-state index in [4.69, 9.17) is 4.74 Å². The maximum atomic E-state index is 13.4. The van der Waals surface area contributed by atoms with E-state index in [9.17, 15) is 14.4 Å². The Hall–Kier alpha value is -4.27. The molecule has 5 rings (SSSR count). The number of carbonyl (C=O) groups excluding carboxylic acids is 3.